The molecule has 0 aromatic carbocycles. The second-order valence-corrected chi connectivity index (χ2v) is 9.79. The van der Waals surface area contributed by atoms with E-state index in [0.29, 0.717) is 0 Å². The first-order valence-electron chi connectivity index (χ1n) is 13.0. The zero-order valence-corrected chi connectivity index (χ0v) is 21.3. The Bertz CT molecular complexity index is 307. The van der Waals surface area contributed by atoms with Gasteiger partial charge in [0.25, 0.3) is 0 Å². The normalized spacial score (nSPS) is 12.0. The molecule has 0 aliphatic carbocycles. The molecule has 0 spiro atoms. The first kappa shape index (κ1) is 28.2. The zero-order valence-electron chi connectivity index (χ0n) is 19.7. The van der Waals surface area contributed by atoms with Gasteiger partial charge in [-0.1, -0.05) is 144 Å². The lowest BCUT2D eigenvalue weighted by atomic mass is 10.0. The fraction of sp³-hybridized carbons (Fsp3) is 0.926. The molecule has 0 unspecified atom stereocenters. The molecule has 0 rings (SSSR count). The average Bonchev–Trinajstić information content (AvgIpc) is 2.70. The van der Waals surface area contributed by atoms with E-state index in [1.807, 2.05) is 0 Å². The number of hydrogen-bond donors (Lipinski definition) is 0. The van der Waals surface area contributed by atoms with Gasteiger partial charge in [-0.15, -0.1) is 0 Å². The lowest BCUT2D eigenvalue weighted by Crippen LogP contribution is -1.84. The summed E-state index contributed by atoms with van der Waals surface area (Å²) in [5, 5.41) is 1.17. The van der Waals surface area contributed by atoms with E-state index in [2.05, 4.69) is 35.9 Å². The van der Waals surface area contributed by atoms with Crippen LogP contribution in [0.3, 0.4) is 0 Å². The van der Waals surface area contributed by atoms with Gasteiger partial charge < -0.3 is 0 Å². The first-order chi connectivity index (χ1) is 13.8. The summed E-state index contributed by atoms with van der Waals surface area (Å²) in [5.41, 5.74) is 1.63. The topological polar surface area (TPSA) is 0 Å². The van der Waals surface area contributed by atoms with Gasteiger partial charge in [0.15, 0.2) is 0 Å². The number of rotatable bonds is 23. The third kappa shape index (κ3) is 24.3. The van der Waals surface area contributed by atoms with Gasteiger partial charge in [0, 0.05) is 5.33 Å². The Kier molecular flexibility index (Phi) is 25.5. The minimum Gasteiger partial charge on any atom is -0.0928 e. The molecule has 0 saturated heterocycles. The van der Waals surface area contributed by atoms with Crippen LogP contribution in [0.15, 0.2) is 11.6 Å². The molecule has 0 aromatic heterocycles. The van der Waals surface area contributed by atoms with Crippen molar-refractivity contribution in [1.29, 1.82) is 0 Å². The van der Waals surface area contributed by atoms with Crippen LogP contribution in [0.4, 0.5) is 0 Å². The fourth-order valence-corrected chi connectivity index (χ4v) is 4.39. The molecule has 0 N–H and O–H groups in total. The zero-order chi connectivity index (χ0) is 20.5. The molecule has 0 fully saturated rings. The van der Waals surface area contributed by atoms with Gasteiger partial charge in [-0.2, -0.15) is 0 Å². The van der Waals surface area contributed by atoms with E-state index in [1.165, 1.54) is 147 Å². The maximum atomic E-state index is 3.51. The lowest BCUT2D eigenvalue weighted by Gasteiger charge is -2.04. The first-order valence-corrected chi connectivity index (χ1v) is 14.1. The van der Waals surface area contributed by atoms with Crippen LogP contribution in [-0.2, 0) is 0 Å². The van der Waals surface area contributed by atoms with E-state index >= 15 is 0 Å². The quantitative estimate of drug-likeness (QED) is 0.0813. The van der Waals surface area contributed by atoms with E-state index in [-0.39, 0.29) is 0 Å². The Hall–Kier alpha value is 0.220. The summed E-state index contributed by atoms with van der Waals surface area (Å²) >= 11 is 3.51. The molecule has 0 saturated carbocycles. The highest BCUT2D eigenvalue weighted by Gasteiger charge is 1.95. The van der Waals surface area contributed by atoms with Crippen molar-refractivity contribution in [3.8, 4) is 0 Å². The third-order valence-electron chi connectivity index (χ3n) is 6.01. The van der Waals surface area contributed by atoms with Crippen LogP contribution < -0.4 is 0 Å². The molecule has 0 aliphatic heterocycles. The molecular formula is C27H53Br. The monoisotopic (exact) mass is 456 g/mol. The molecule has 0 radical (unpaired) electrons. The molecule has 0 bridgehead atoms. The van der Waals surface area contributed by atoms with Crippen LogP contribution in [0, 0.1) is 0 Å². The lowest BCUT2D eigenvalue weighted by molar-refractivity contribution is 0.532. The maximum absolute atomic E-state index is 3.51. The van der Waals surface area contributed by atoms with Crippen molar-refractivity contribution in [1.82, 2.24) is 0 Å². The standard InChI is InChI=1S/C27H53Br/c1-3-4-5-6-7-8-9-10-11-12-13-14-15-16-18-21-24-27(2)25-22-19-17-20-23-26-28/h24H,3-23,25-26H2,1-2H3. The van der Waals surface area contributed by atoms with E-state index in [9.17, 15) is 0 Å². The third-order valence-corrected chi connectivity index (χ3v) is 6.57. The maximum Gasteiger partial charge on any atom is 0.00313 e. The Morgan fingerprint density at radius 2 is 0.929 bits per heavy atom. The average molecular weight is 458 g/mol. The summed E-state index contributed by atoms with van der Waals surface area (Å²) in [5.74, 6) is 0. The number of alkyl halides is 1. The van der Waals surface area contributed by atoms with Crippen molar-refractivity contribution >= 4 is 15.9 Å². The van der Waals surface area contributed by atoms with Gasteiger partial charge in [0.1, 0.15) is 0 Å². The molecule has 1 heteroatoms. The molecule has 0 atom stereocenters. The van der Waals surface area contributed by atoms with E-state index in [1.54, 1.807) is 5.57 Å². The number of halogens is 1. The van der Waals surface area contributed by atoms with Crippen LogP contribution >= 0.6 is 15.9 Å². The Morgan fingerprint density at radius 1 is 0.536 bits per heavy atom. The molecule has 168 valence electrons. The summed E-state index contributed by atoms with van der Waals surface area (Å²) in [4.78, 5) is 0. The van der Waals surface area contributed by atoms with Crippen LogP contribution in [0.1, 0.15) is 155 Å². The van der Waals surface area contributed by atoms with Gasteiger partial charge in [-0.25, -0.2) is 0 Å². The molecular weight excluding hydrogens is 404 g/mol. The number of allylic oxidation sites excluding steroid dienone is 2. The van der Waals surface area contributed by atoms with Crippen molar-refractivity contribution in [3.63, 3.8) is 0 Å². The van der Waals surface area contributed by atoms with Gasteiger partial charge >= 0.3 is 0 Å². The van der Waals surface area contributed by atoms with Crippen molar-refractivity contribution < 1.29 is 0 Å². The van der Waals surface area contributed by atoms with Crippen LogP contribution in [0.25, 0.3) is 0 Å². The molecule has 28 heavy (non-hydrogen) atoms. The Morgan fingerprint density at radius 3 is 1.39 bits per heavy atom. The minimum absolute atomic E-state index is 1.17. The van der Waals surface area contributed by atoms with Crippen molar-refractivity contribution in [2.45, 2.75) is 155 Å². The van der Waals surface area contributed by atoms with Gasteiger partial charge in [0.2, 0.25) is 0 Å². The predicted octanol–water partition coefficient (Wildman–Crippen LogP) is 10.9. The SMILES string of the molecule is CCCCCCCCCCCCCCCCCC=C(C)CCCCCCCBr. The van der Waals surface area contributed by atoms with Gasteiger partial charge in [0.05, 0.1) is 0 Å². The molecule has 0 amide bonds. The largest absolute Gasteiger partial charge is 0.0928 e. The second kappa shape index (κ2) is 25.3. The highest BCUT2D eigenvalue weighted by molar-refractivity contribution is 9.09. The predicted molar refractivity (Wildman–Crippen MR) is 135 cm³/mol. The van der Waals surface area contributed by atoms with E-state index in [4.69, 9.17) is 0 Å². The van der Waals surface area contributed by atoms with Crippen LogP contribution in [0.2, 0.25) is 0 Å². The number of unbranched alkanes of at least 4 members (excludes halogenated alkanes) is 19. The Labute approximate surface area is 187 Å². The molecule has 0 nitrogen and oxygen atoms in total. The van der Waals surface area contributed by atoms with Crippen LogP contribution in [0.5, 0.6) is 0 Å². The summed E-state index contributed by atoms with van der Waals surface area (Å²) in [6, 6.07) is 0. The van der Waals surface area contributed by atoms with E-state index in [0.717, 1.165) is 0 Å². The summed E-state index contributed by atoms with van der Waals surface area (Å²) in [7, 11) is 0. The fourth-order valence-electron chi connectivity index (χ4n) is 3.99. The van der Waals surface area contributed by atoms with Crippen LogP contribution in [-0.4, -0.2) is 5.33 Å². The highest BCUT2D eigenvalue weighted by atomic mass is 79.9. The number of hydrogen-bond acceptors (Lipinski definition) is 0. The van der Waals surface area contributed by atoms with Gasteiger partial charge in [-0.05, 0) is 39.0 Å². The summed E-state index contributed by atoms with van der Waals surface area (Å²) in [6.45, 7) is 4.64. The highest BCUT2D eigenvalue weighted by Crippen LogP contribution is 2.15. The minimum atomic E-state index is 1.17. The van der Waals surface area contributed by atoms with Crippen molar-refractivity contribution in [2.24, 2.45) is 0 Å². The van der Waals surface area contributed by atoms with E-state index < -0.39 is 0 Å². The van der Waals surface area contributed by atoms with Crippen molar-refractivity contribution in [2.75, 3.05) is 5.33 Å². The van der Waals surface area contributed by atoms with Crippen molar-refractivity contribution in [3.05, 3.63) is 11.6 Å². The molecule has 0 heterocycles. The smallest absolute Gasteiger partial charge is 0.00313 e. The Balaban J connectivity index is 3.18. The second-order valence-electron chi connectivity index (χ2n) is 9.00. The molecule has 0 aliphatic rings. The summed E-state index contributed by atoms with van der Waals surface area (Å²) < 4.78 is 0. The van der Waals surface area contributed by atoms with Gasteiger partial charge in [-0.3, -0.25) is 0 Å². The summed E-state index contributed by atoms with van der Waals surface area (Å²) in [6.07, 6.45) is 34.0. The molecule has 0 aromatic rings.